The minimum Gasteiger partial charge on any atom is -0.480 e. The Morgan fingerprint density at radius 2 is 1.66 bits per heavy atom. The van der Waals surface area contributed by atoms with E-state index >= 15 is 0 Å². The van der Waals surface area contributed by atoms with E-state index < -0.39 is 29.4 Å². The molecule has 230 valence electrons. The van der Waals surface area contributed by atoms with Gasteiger partial charge in [-0.15, -0.1) is 21.5 Å². The molecule has 0 aliphatic heterocycles. The maximum Gasteiger partial charge on any atom is 0.338 e. The van der Waals surface area contributed by atoms with Gasteiger partial charge in [0.15, 0.2) is 5.82 Å². The summed E-state index contributed by atoms with van der Waals surface area (Å²) in [6.07, 6.45) is 0.616. The molecule has 5 aromatic rings. The van der Waals surface area contributed by atoms with Crippen LogP contribution in [0.3, 0.4) is 0 Å². The summed E-state index contributed by atoms with van der Waals surface area (Å²) in [5.74, 6) is -1.52. The number of fused-ring (bicyclic) bond motifs is 1. The molecular weight excluding hydrogens is 590 g/mol. The number of ether oxygens (including phenoxy) is 1. The fourth-order valence-corrected chi connectivity index (χ4v) is 5.93. The van der Waals surface area contributed by atoms with E-state index in [0.29, 0.717) is 29.9 Å². The highest BCUT2D eigenvalue weighted by Gasteiger charge is 2.25. The quantitative estimate of drug-likeness (QED) is 0.231. The number of thiophene rings is 1. The maximum atomic E-state index is 14.8. The van der Waals surface area contributed by atoms with Crippen molar-refractivity contribution in [2.75, 3.05) is 21.2 Å². The van der Waals surface area contributed by atoms with Gasteiger partial charge >= 0.3 is 5.69 Å². The normalized spacial score (nSPS) is 10.9. The zero-order chi connectivity index (χ0) is 32.0. The molecule has 0 atom stereocenters. The largest absolute Gasteiger partial charge is 0.480 e. The van der Waals surface area contributed by atoms with Crippen molar-refractivity contribution in [3.8, 4) is 22.1 Å². The van der Waals surface area contributed by atoms with Gasteiger partial charge in [0.25, 0.3) is 5.56 Å². The van der Waals surface area contributed by atoms with Crippen LogP contribution in [0.5, 0.6) is 5.88 Å². The van der Waals surface area contributed by atoms with Crippen molar-refractivity contribution in [3.05, 3.63) is 104 Å². The molecule has 3 aromatic heterocycles. The Morgan fingerprint density at radius 3 is 2.23 bits per heavy atom. The minimum atomic E-state index is -0.825. The van der Waals surface area contributed by atoms with Gasteiger partial charge in [-0.25, -0.2) is 18.1 Å². The summed E-state index contributed by atoms with van der Waals surface area (Å²) in [5, 5.41) is 10.8. The molecular formula is C31H32F2N6O4S. The van der Waals surface area contributed by atoms with Crippen LogP contribution in [0.15, 0.2) is 64.2 Å². The minimum absolute atomic E-state index is 0.0639. The van der Waals surface area contributed by atoms with Gasteiger partial charge < -0.3 is 15.0 Å². The predicted octanol–water partition coefficient (Wildman–Crippen LogP) is 4.34. The Morgan fingerprint density at radius 1 is 0.977 bits per heavy atom. The maximum absolute atomic E-state index is 14.8. The first kappa shape index (κ1) is 32.2. The SMILES string of the molecule is CC.COc1ccc(-n2c(=O)c3c(CN(C)C)c(-c4ccc(CNC=O)cc4)sc3n(Cc3c(F)cccc3F)c2=O)nn1. The first-order chi connectivity index (χ1) is 21.2. The van der Waals surface area contributed by atoms with E-state index in [1.807, 2.05) is 57.1 Å². The number of halogens is 2. The molecule has 3 heterocycles. The number of carbonyl (C=O) groups is 1. The Kier molecular flexibility index (Phi) is 10.3. The molecule has 0 aliphatic carbocycles. The van der Waals surface area contributed by atoms with E-state index in [1.54, 1.807) is 0 Å². The summed E-state index contributed by atoms with van der Waals surface area (Å²) in [7, 11) is 5.10. The smallest absolute Gasteiger partial charge is 0.338 e. The monoisotopic (exact) mass is 622 g/mol. The number of aromatic nitrogens is 4. The number of amides is 1. The van der Waals surface area contributed by atoms with Crippen LogP contribution in [-0.4, -0.2) is 51.8 Å². The molecule has 5 rings (SSSR count). The predicted molar refractivity (Wildman–Crippen MR) is 166 cm³/mol. The number of nitrogens with zero attached hydrogens (tertiary/aromatic N) is 5. The van der Waals surface area contributed by atoms with Gasteiger partial charge in [-0.2, -0.15) is 0 Å². The second kappa shape index (κ2) is 14.1. The van der Waals surface area contributed by atoms with Gasteiger partial charge in [-0.1, -0.05) is 44.2 Å². The molecule has 1 amide bonds. The fourth-order valence-electron chi connectivity index (χ4n) is 4.63. The molecule has 0 saturated heterocycles. The first-order valence-electron chi connectivity index (χ1n) is 13.8. The van der Waals surface area contributed by atoms with E-state index in [-0.39, 0.29) is 27.5 Å². The van der Waals surface area contributed by atoms with Crippen molar-refractivity contribution in [2.45, 2.75) is 33.5 Å². The van der Waals surface area contributed by atoms with Crippen LogP contribution >= 0.6 is 11.3 Å². The van der Waals surface area contributed by atoms with Crippen molar-refractivity contribution in [1.29, 1.82) is 0 Å². The van der Waals surface area contributed by atoms with Crippen molar-refractivity contribution in [1.82, 2.24) is 29.5 Å². The highest BCUT2D eigenvalue weighted by molar-refractivity contribution is 7.22. The number of hydrogen-bond acceptors (Lipinski definition) is 8. The lowest BCUT2D eigenvalue weighted by atomic mass is 10.0. The number of hydrogen-bond donors (Lipinski definition) is 1. The van der Waals surface area contributed by atoms with Crippen LogP contribution < -0.4 is 21.3 Å². The number of carbonyl (C=O) groups excluding carboxylic acids is 1. The lowest BCUT2D eigenvalue weighted by Gasteiger charge is -2.14. The second-order valence-corrected chi connectivity index (χ2v) is 10.7. The van der Waals surface area contributed by atoms with Crippen molar-refractivity contribution < 1.29 is 18.3 Å². The number of benzene rings is 2. The highest BCUT2D eigenvalue weighted by Crippen LogP contribution is 2.38. The zero-order valence-electron chi connectivity index (χ0n) is 24.9. The van der Waals surface area contributed by atoms with Crippen LogP contribution in [0.25, 0.3) is 26.5 Å². The van der Waals surface area contributed by atoms with Gasteiger partial charge in [-0.3, -0.25) is 14.2 Å². The average molecular weight is 623 g/mol. The number of methoxy groups -OCH3 is 1. The van der Waals surface area contributed by atoms with Gasteiger partial charge in [0.2, 0.25) is 12.3 Å². The molecule has 0 bridgehead atoms. The van der Waals surface area contributed by atoms with Crippen LogP contribution in [0.1, 0.15) is 30.5 Å². The topological polar surface area (TPSA) is 111 Å². The number of rotatable bonds is 10. The first-order valence-corrected chi connectivity index (χ1v) is 14.6. The molecule has 10 nitrogen and oxygen atoms in total. The molecule has 13 heteroatoms. The molecule has 0 unspecified atom stereocenters. The Labute approximate surface area is 256 Å². The average Bonchev–Trinajstić information content (AvgIpc) is 3.39. The van der Waals surface area contributed by atoms with E-state index in [9.17, 15) is 23.2 Å². The summed E-state index contributed by atoms with van der Waals surface area (Å²) >= 11 is 1.19. The zero-order valence-corrected chi connectivity index (χ0v) is 25.7. The third kappa shape index (κ3) is 6.43. The van der Waals surface area contributed by atoms with Crippen LogP contribution in [0.2, 0.25) is 0 Å². The Hall–Kier alpha value is -4.75. The van der Waals surface area contributed by atoms with Crippen LogP contribution in [0.4, 0.5) is 8.78 Å². The molecule has 2 aromatic carbocycles. The van der Waals surface area contributed by atoms with E-state index in [4.69, 9.17) is 4.74 Å². The van der Waals surface area contributed by atoms with Crippen molar-refractivity contribution in [2.24, 2.45) is 0 Å². The van der Waals surface area contributed by atoms with E-state index in [1.165, 1.54) is 41.2 Å². The Balaban J connectivity index is 0.00000216. The van der Waals surface area contributed by atoms with Gasteiger partial charge in [-0.05, 0) is 49.0 Å². The Bertz CT molecular complexity index is 1860. The molecule has 0 spiro atoms. The highest BCUT2D eigenvalue weighted by atomic mass is 32.1. The van der Waals surface area contributed by atoms with Gasteiger partial charge in [0, 0.05) is 29.6 Å². The van der Waals surface area contributed by atoms with Crippen LogP contribution in [-0.2, 0) is 24.4 Å². The third-order valence-corrected chi connectivity index (χ3v) is 7.90. The molecule has 44 heavy (non-hydrogen) atoms. The number of nitrogens with one attached hydrogen (secondary N) is 1. The summed E-state index contributed by atoms with van der Waals surface area (Å²) in [4.78, 5) is 41.6. The fraction of sp³-hybridized carbons (Fsp3) is 0.258. The molecule has 0 aliphatic rings. The van der Waals surface area contributed by atoms with Gasteiger partial charge in [0.1, 0.15) is 16.5 Å². The van der Waals surface area contributed by atoms with Crippen molar-refractivity contribution >= 4 is 28.0 Å². The molecule has 0 radical (unpaired) electrons. The molecule has 0 saturated carbocycles. The summed E-state index contributed by atoms with van der Waals surface area (Å²) in [6, 6.07) is 13.8. The summed E-state index contributed by atoms with van der Waals surface area (Å²) < 4.78 is 36.7. The lowest BCUT2D eigenvalue weighted by molar-refractivity contribution is -0.109. The molecule has 0 fully saturated rings. The van der Waals surface area contributed by atoms with E-state index in [0.717, 1.165) is 27.8 Å². The van der Waals surface area contributed by atoms with Crippen molar-refractivity contribution in [3.63, 3.8) is 0 Å². The molecule has 1 N–H and O–H groups in total. The lowest BCUT2D eigenvalue weighted by Crippen LogP contribution is -2.39. The standard InChI is InChI=1S/C29H26F2N6O4S.C2H6/c1-35(2)14-20-25-27(39)37(23-11-12-24(41-3)34-33-23)29(40)36(15-19-21(30)5-4-6-22(19)31)28(25)42-26(20)18-9-7-17(8-10-18)13-32-16-38;1-2/h4-12,16H,13-15H2,1-3H3,(H,32,38);1-2H3. The summed E-state index contributed by atoms with van der Waals surface area (Å²) in [6.45, 7) is 4.22. The second-order valence-electron chi connectivity index (χ2n) is 9.67. The van der Waals surface area contributed by atoms with Gasteiger partial charge in [0.05, 0.1) is 19.0 Å². The van der Waals surface area contributed by atoms with E-state index in [2.05, 4.69) is 15.5 Å². The summed E-state index contributed by atoms with van der Waals surface area (Å²) in [5.41, 5.74) is 0.507. The third-order valence-electron chi connectivity index (χ3n) is 6.59. The van der Waals surface area contributed by atoms with Crippen LogP contribution in [0, 0.1) is 11.6 Å².